The first kappa shape index (κ1) is 15.5. The van der Waals surface area contributed by atoms with Crippen molar-refractivity contribution in [2.75, 3.05) is 13.1 Å². The third-order valence-electron chi connectivity index (χ3n) is 3.59. The molecule has 0 amide bonds. The summed E-state index contributed by atoms with van der Waals surface area (Å²) in [7, 11) is 0. The molecule has 0 radical (unpaired) electrons. The maximum Gasteiger partial charge on any atom is 0.230 e. The second-order valence-corrected chi connectivity index (χ2v) is 6.10. The Bertz CT molecular complexity index is 798. The Morgan fingerprint density at radius 3 is 2.52 bits per heavy atom. The first-order chi connectivity index (χ1) is 11.3. The van der Waals surface area contributed by atoms with Crippen LogP contribution < -0.4 is 0 Å². The van der Waals surface area contributed by atoms with E-state index in [1.807, 2.05) is 30.4 Å². The molecule has 2 aromatic heterocycles. The van der Waals surface area contributed by atoms with E-state index in [1.165, 1.54) is 22.2 Å². The summed E-state index contributed by atoms with van der Waals surface area (Å²) in [6.07, 6.45) is 5.15. The molecule has 23 heavy (non-hydrogen) atoms. The van der Waals surface area contributed by atoms with Crippen LogP contribution in [0, 0.1) is 0 Å². The molecule has 2 heterocycles. The lowest BCUT2D eigenvalue weighted by Crippen LogP contribution is -2.29. The standard InChI is InChI=1S/C17H18N4OS/c1-3-10-20(11-4-2)14(13-8-6-5-7-9-13)15-16(22)21-17(23-15)18-12-19-21/h3-9,12,14,22H,1-2,10-11H2. The van der Waals surface area contributed by atoms with Crippen LogP contribution in [-0.4, -0.2) is 37.7 Å². The molecule has 0 aliphatic rings. The largest absolute Gasteiger partial charge is 0.492 e. The third-order valence-corrected chi connectivity index (χ3v) is 4.68. The van der Waals surface area contributed by atoms with Crippen molar-refractivity contribution in [1.29, 1.82) is 0 Å². The molecule has 0 bridgehead atoms. The van der Waals surface area contributed by atoms with Gasteiger partial charge in [-0.1, -0.05) is 53.8 Å². The van der Waals surface area contributed by atoms with Crippen LogP contribution in [-0.2, 0) is 0 Å². The summed E-state index contributed by atoms with van der Waals surface area (Å²) in [5.41, 5.74) is 1.09. The van der Waals surface area contributed by atoms with Crippen LogP contribution >= 0.6 is 11.3 Å². The highest BCUT2D eigenvalue weighted by Crippen LogP contribution is 2.39. The Balaban J connectivity index is 2.13. The molecule has 0 saturated heterocycles. The minimum atomic E-state index is -0.110. The van der Waals surface area contributed by atoms with Crippen molar-refractivity contribution in [3.63, 3.8) is 0 Å². The Labute approximate surface area is 138 Å². The van der Waals surface area contributed by atoms with Crippen molar-refractivity contribution >= 4 is 16.3 Å². The first-order valence-electron chi connectivity index (χ1n) is 7.28. The summed E-state index contributed by atoms with van der Waals surface area (Å²) in [5, 5.41) is 14.7. The second kappa shape index (κ2) is 6.76. The van der Waals surface area contributed by atoms with E-state index < -0.39 is 0 Å². The summed E-state index contributed by atoms with van der Waals surface area (Å²) in [6, 6.07) is 9.97. The Hall–Kier alpha value is -2.44. The van der Waals surface area contributed by atoms with Crippen molar-refractivity contribution in [3.05, 3.63) is 72.4 Å². The van der Waals surface area contributed by atoms with Gasteiger partial charge < -0.3 is 5.11 Å². The summed E-state index contributed by atoms with van der Waals surface area (Å²) >= 11 is 1.44. The second-order valence-electron chi connectivity index (χ2n) is 5.09. The lowest BCUT2D eigenvalue weighted by atomic mass is 10.0. The molecule has 1 atom stereocenters. The SMILES string of the molecule is C=CCN(CC=C)C(c1ccccc1)c1sc2ncnn2c1O. The van der Waals surface area contributed by atoms with Crippen LogP contribution in [0.25, 0.3) is 4.96 Å². The molecule has 0 aliphatic carbocycles. The molecule has 0 aliphatic heterocycles. The number of hydrogen-bond acceptors (Lipinski definition) is 5. The van der Waals surface area contributed by atoms with E-state index >= 15 is 0 Å². The quantitative estimate of drug-likeness (QED) is 0.677. The van der Waals surface area contributed by atoms with Gasteiger partial charge in [0, 0.05) is 13.1 Å². The molecule has 3 rings (SSSR count). The fourth-order valence-electron chi connectivity index (χ4n) is 2.65. The maximum atomic E-state index is 10.6. The third kappa shape index (κ3) is 2.91. The van der Waals surface area contributed by atoms with Crippen LogP contribution in [0.1, 0.15) is 16.5 Å². The highest BCUT2D eigenvalue weighted by molar-refractivity contribution is 7.17. The molecule has 1 N–H and O–H groups in total. The van der Waals surface area contributed by atoms with Crippen LogP contribution in [0.15, 0.2) is 62.0 Å². The molecule has 0 spiro atoms. The number of fused-ring (bicyclic) bond motifs is 1. The lowest BCUT2D eigenvalue weighted by molar-refractivity contribution is 0.274. The van der Waals surface area contributed by atoms with Crippen LogP contribution in [0.2, 0.25) is 0 Å². The topological polar surface area (TPSA) is 53.7 Å². The lowest BCUT2D eigenvalue weighted by Gasteiger charge is -2.29. The molecule has 118 valence electrons. The van der Waals surface area contributed by atoms with E-state index in [-0.39, 0.29) is 11.9 Å². The van der Waals surface area contributed by atoms with Gasteiger partial charge in [-0.15, -0.1) is 13.2 Å². The zero-order valence-corrected chi connectivity index (χ0v) is 13.5. The molecule has 0 fully saturated rings. The Morgan fingerprint density at radius 2 is 1.91 bits per heavy atom. The molecule has 0 saturated carbocycles. The molecule has 1 unspecified atom stereocenters. The average Bonchev–Trinajstić information content (AvgIpc) is 3.13. The van der Waals surface area contributed by atoms with Crippen molar-refractivity contribution in [3.8, 4) is 5.88 Å². The van der Waals surface area contributed by atoms with E-state index in [0.717, 1.165) is 10.4 Å². The minimum absolute atomic E-state index is 0.110. The molecule has 5 nitrogen and oxygen atoms in total. The van der Waals surface area contributed by atoms with Crippen molar-refractivity contribution in [2.24, 2.45) is 0 Å². The summed E-state index contributed by atoms with van der Waals surface area (Å²) in [5.74, 6) is 0.134. The maximum absolute atomic E-state index is 10.6. The van der Waals surface area contributed by atoms with Gasteiger partial charge in [0.25, 0.3) is 0 Å². The van der Waals surface area contributed by atoms with Crippen molar-refractivity contribution in [2.45, 2.75) is 6.04 Å². The van der Waals surface area contributed by atoms with Gasteiger partial charge in [0.2, 0.25) is 10.8 Å². The highest BCUT2D eigenvalue weighted by Gasteiger charge is 2.27. The minimum Gasteiger partial charge on any atom is -0.492 e. The summed E-state index contributed by atoms with van der Waals surface area (Å²) < 4.78 is 1.47. The van der Waals surface area contributed by atoms with E-state index in [0.29, 0.717) is 18.1 Å². The highest BCUT2D eigenvalue weighted by atomic mass is 32.1. The zero-order valence-electron chi connectivity index (χ0n) is 12.7. The molecular weight excluding hydrogens is 308 g/mol. The van der Waals surface area contributed by atoms with E-state index in [4.69, 9.17) is 0 Å². The number of rotatable bonds is 7. The number of benzene rings is 1. The molecular formula is C17H18N4OS. The van der Waals surface area contributed by atoms with Gasteiger partial charge in [-0.25, -0.2) is 4.98 Å². The van der Waals surface area contributed by atoms with E-state index in [2.05, 4.69) is 40.3 Å². The molecule has 1 aromatic carbocycles. The first-order valence-corrected chi connectivity index (χ1v) is 8.10. The van der Waals surface area contributed by atoms with E-state index in [9.17, 15) is 5.11 Å². The summed E-state index contributed by atoms with van der Waals surface area (Å²) in [6.45, 7) is 9.04. The van der Waals surface area contributed by atoms with Gasteiger partial charge >= 0.3 is 0 Å². The van der Waals surface area contributed by atoms with Crippen molar-refractivity contribution in [1.82, 2.24) is 19.5 Å². The number of aromatic hydroxyl groups is 1. The number of nitrogens with zero attached hydrogens (tertiary/aromatic N) is 4. The number of aromatic nitrogens is 3. The fourth-order valence-corrected chi connectivity index (χ4v) is 3.74. The molecule has 6 heteroatoms. The molecule has 3 aromatic rings. The van der Waals surface area contributed by atoms with Gasteiger partial charge in [0.05, 0.1) is 10.9 Å². The Morgan fingerprint density at radius 1 is 1.22 bits per heavy atom. The average molecular weight is 326 g/mol. The van der Waals surface area contributed by atoms with E-state index in [1.54, 1.807) is 0 Å². The van der Waals surface area contributed by atoms with Gasteiger partial charge in [-0.05, 0) is 5.56 Å². The van der Waals surface area contributed by atoms with Crippen molar-refractivity contribution < 1.29 is 5.11 Å². The summed E-state index contributed by atoms with van der Waals surface area (Å²) in [4.78, 5) is 7.87. The monoisotopic (exact) mass is 326 g/mol. The zero-order chi connectivity index (χ0) is 16.2. The Kier molecular flexibility index (Phi) is 4.55. The smallest absolute Gasteiger partial charge is 0.230 e. The van der Waals surface area contributed by atoms with Gasteiger partial charge in [-0.3, -0.25) is 4.90 Å². The fraction of sp³-hybridized carbons (Fsp3) is 0.176. The van der Waals surface area contributed by atoms with Crippen LogP contribution in [0.3, 0.4) is 0 Å². The predicted octanol–water partition coefficient (Wildman–Crippen LogP) is 3.26. The van der Waals surface area contributed by atoms with Gasteiger partial charge in [0.1, 0.15) is 6.33 Å². The number of hydrogen-bond donors (Lipinski definition) is 1. The normalized spacial score (nSPS) is 12.6. The van der Waals surface area contributed by atoms with Gasteiger partial charge in [-0.2, -0.15) is 9.61 Å². The van der Waals surface area contributed by atoms with Crippen LogP contribution in [0.5, 0.6) is 5.88 Å². The van der Waals surface area contributed by atoms with Crippen LogP contribution in [0.4, 0.5) is 0 Å². The predicted molar refractivity (Wildman–Crippen MR) is 92.8 cm³/mol. The van der Waals surface area contributed by atoms with Gasteiger partial charge in [0.15, 0.2) is 0 Å². The number of thiazole rings is 1.